The highest BCUT2D eigenvalue weighted by Gasteiger charge is 2.29. The van der Waals surface area contributed by atoms with Crippen LogP contribution in [0.4, 0.5) is 0 Å². The minimum absolute atomic E-state index is 0.0187. The molecule has 19 heavy (non-hydrogen) atoms. The van der Waals surface area contributed by atoms with E-state index in [1.54, 1.807) is 0 Å². The van der Waals surface area contributed by atoms with Gasteiger partial charge in [-0.15, -0.1) is 0 Å². The Morgan fingerprint density at radius 1 is 1.26 bits per heavy atom. The van der Waals surface area contributed by atoms with Crippen LogP contribution in [0.5, 0.6) is 5.75 Å². The SMILES string of the molecule is CC1(C)Cc2cc(CCCCNC3CC3)ccc2O1. The van der Waals surface area contributed by atoms with Crippen molar-refractivity contribution < 1.29 is 4.74 Å². The van der Waals surface area contributed by atoms with Crippen LogP contribution in [0, 0.1) is 0 Å². The van der Waals surface area contributed by atoms with Gasteiger partial charge in [-0.25, -0.2) is 0 Å². The van der Waals surface area contributed by atoms with Gasteiger partial charge in [-0.2, -0.15) is 0 Å². The lowest BCUT2D eigenvalue weighted by atomic mass is 9.98. The van der Waals surface area contributed by atoms with E-state index in [1.165, 1.54) is 49.8 Å². The summed E-state index contributed by atoms with van der Waals surface area (Å²) in [6.07, 6.45) is 7.58. The first kappa shape index (κ1) is 13.0. The van der Waals surface area contributed by atoms with Crippen molar-refractivity contribution in [1.82, 2.24) is 5.32 Å². The summed E-state index contributed by atoms with van der Waals surface area (Å²) in [5.41, 5.74) is 2.83. The third-order valence-corrected chi connectivity index (χ3v) is 4.03. The summed E-state index contributed by atoms with van der Waals surface area (Å²) < 4.78 is 5.92. The Morgan fingerprint density at radius 2 is 2.11 bits per heavy atom. The average Bonchev–Trinajstić information content (AvgIpc) is 3.10. The molecule has 0 bridgehead atoms. The molecule has 0 atom stereocenters. The lowest BCUT2D eigenvalue weighted by Crippen LogP contribution is -2.24. The Labute approximate surface area is 116 Å². The summed E-state index contributed by atoms with van der Waals surface area (Å²) >= 11 is 0. The second kappa shape index (κ2) is 5.16. The summed E-state index contributed by atoms with van der Waals surface area (Å²) in [7, 11) is 0. The molecule has 1 aromatic rings. The molecule has 0 radical (unpaired) electrons. The molecule has 1 aliphatic heterocycles. The minimum atomic E-state index is -0.0187. The highest BCUT2D eigenvalue weighted by molar-refractivity contribution is 5.41. The van der Waals surface area contributed by atoms with Gasteiger partial charge < -0.3 is 10.1 Å². The topological polar surface area (TPSA) is 21.3 Å². The number of benzene rings is 1. The Kier molecular flexibility index (Phi) is 3.53. The minimum Gasteiger partial charge on any atom is -0.487 e. The van der Waals surface area contributed by atoms with E-state index in [9.17, 15) is 0 Å². The van der Waals surface area contributed by atoms with Crippen molar-refractivity contribution in [2.45, 2.75) is 64.0 Å². The number of unbranched alkanes of at least 4 members (excludes halogenated alkanes) is 1. The van der Waals surface area contributed by atoms with Crippen molar-refractivity contribution in [3.63, 3.8) is 0 Å². The van der Waals surface area contributed by atoms with E-state index in [0.717, 1.165) is 18.2 Å². The van der Waals surface area contributed by atoms with Crippen LogP contribution >= 0.6 is 0 Å². The van der Waals surface area contributed by atoms with Crippen LogP contribution in [0.25, 0.3) is 0 Å². The first-order valence-corrected chi connectivity index (χ1v) is 7.67. The van der Waals surface area contributed by atoms with Gasteiger partial charge in [-0.3, -0.25) is 0 Å². The lowest BCUT2D eigenvalue weighted by Gasteiger charge is -2.16. The highest BCUT2D eigenvalue weighted by atomic mass is 16.5. The summed E-state index contributed by atoms with van der Waals surface area (Å²) in [6, 6.07) is 7.58. The number of rotatable bonds is 6. The van der Waals surface area contributed by atoms with Gasteiger partial charge in [-0.1, -0.05) is 12.1 Å². The lowest BCUT2D eigenvalue weighted by molar-refractivity contribution is 0.138. The van der Waals surface area contributed by atoms with Gasteiger partial charge in [0.05, 0.1) is 0 Å². The van der Waals surface area contributed by atoms with Gasteiger partial charge in [0.25, 0.3) is 0 Å². The van der Waals surface area contributed by atoms with E-state index in [-0.39, 0.29) is 5.60 Å². The normalized spacial score (nSPS) is 20.1. The maximum absolute atomic E-state index is 5.92. The second-order valence-electron chi connectivity index (χ2n) is 6.67. The molecule has 1 saturated carbocycles. The molecule has 0 spiro atoms. The maximum atomic E-state index is 5.92. The van der Waals surface area contributed by atoms with Crippen molar-refractivity contribution in [3.8, 4) is 5.75 Å². The first-order valence-electron chi connectivity index (χ1n) is 7.67. The number of ether oxygens (including phenoxy) is 1. The van der Waals surface area contributed by atoms with Gasteiger partial charge in [0.1, 0.15) is 11.4 Å². The summed E-state index contributed by atoms with van der Waals surface area (Å²) in [5.74, 6) is 1.09. The van der Waals surface area contributed by atoms with E-state index >= 15 is 0 Å². The van der Waals surface area contributed by atoms with Crippen molar-refractivity contribution in [2.75, 3.05) is 6.54 Å². The summed E-state index contributed by atoms with van der Waals surface area (Å²) in [5, 5.41) is 3.58. The van der Waals surface area contributed by atoms with Crippen LogP contribution in [-0.4, -0.2) is 18.2 Å². The van der Waals surface area contributed by atoms with E-state index in [4.69, 9.17) is 4.74 Å². The van der Waals surface area contributed by atoms with Crippen LogP contribution in [0.3, 0.4) is 0 Å². The second-order valence-corrected chi connectivity index (χ2v) is 6.67. The Bertz CT molecular complexity index is 449. The Morgan fingerprint density at radius 3 is 2.89 bits per heavy atom. The summed E-state index contributed by atoms with van der Waals surface area (Å²) in [6.45, 7) is 5.51. The van der Waals surface area contributed by atoms with E-state index in [2.05, 4.69) is 37.4 Å². The van der Waals surface area contributed by atoms with E-state index in [1.807, 2.05) is 0 Å². The van der Waals surface area contributed by atoms with E-state index < -0.39 is 0 Å². The Hall–Kier alpha value is -1.02. The average molecular weight is 259 g/mol. The maximum Gasteiger partial charge on any atom is 0.123 e. The molecule has 104 valence electrons. The fourth-order valence-corrected chi connectivity index (χ4v) is 2.87. The van der Waals surface area contributed by atoms with Crippen LogP contribution in [-0.2, 0) is 12.8 Å². The van der Waals surface area contributed by atoms with Gasteiger partial charge in [-0.05, 0) is 69.7 Å². The quantitative estimate of drug-likeness (QED) is 0.790. The van der Waals surface area contributed by atoms with E-state index in [0.29, 0.717) is 0 Å². The molecule has 1 N–H and O–H groups in total. The molecule has 0 unspecified atom stereocenters. The molecule has 2 nitrogen and oxygen atoms in total. The number of fused-ring (bicyclic) bond motifs is 1. The smallest absolute Gasteiger partial charge is 0.123 e. The molecule has 0 saturated heterocycles. The van der Waals surface area contributed by atoms with Gasteiger partial charge in [0, 0.05) is 12.5 Å². The molecule has 1 fully saturated rings. The van der Waals surface area contributed by atoms with Crippen molar-refractivity contribution in [2.24, 2.45) is 0 Å². The molecule has 1 aromatic carbocycles. The fourth-order valence-electron chi connectivity index (χ4n) is 2.87. The molecule has 1 heterocycles. The largest absolute Gasteiger partial charge is 0.487 e. The predicted octanol–water partition coefficient (Wildman–Crippen LogP) is 3.47. The number of hydrogen-bond acceptors (Lipinski definition) is 2. The monoisotopic (exact) mass is 259 g/mol. The standard InChI is InChI=1S/C17H25NO/c1-17(2)12-14-11-13(6-9-16(14)19-17)5-3-4-10-18-15-7-8-15/h6,9,11,15,18H,3-5,7-8,10,12H2,1-2H3. The van der Waals surface area contributed by atoms with Gasteiger partial charge >= 0.3 is 0 Å². The molecule has 1 aliphatic carbocycles. The highest BCUT2D eigenvalue weighted by Crippen LogP contribution is 2.35. The zero-order chi connectivity index (χ0) is 13.3. The zero-order valence-corrected chi connectivity index (χ0v) is 12.2. The number of aryl methyl sites for hydroxylation is 1. The van der Waals surface area contributed by atoms with Crippen molar-refractivity contribution >= 4 is 0 Å². The molecule has 3 rings (SSSR count). The number of hydrogen-bond donors (Lipinski definition) is 1. The zero-order valence-electron chi connectivity index (χ0n) is 12.2. The molecular formula is C17H25NO. The predicted molar refractivity (Wildman–Crippen MR) is 78.8 cm³/mol. The van der Waals surface area contributed by atoms with Crippen LogP contribution < -0.4 is 10.1 Å². The Balaban J connectivity index is 1.46. The van der Waals surface area contributed by atoms with Gasteiger partial charge in [0.2, 0.25) is 0 Å². The molecule has 2 heteroatoms. The molecular weight excluding hydrogens is 234 g/mol. The third kappa shape index (κ3) is 3.50. The first-order chi connectivity index (χ1) is 9.12. The van der Waals surface area contributed by atoms with Crippen LogP contribution in [0.2, 0.25) is 0 Å². The van der Waals surface area contributed by atoms with Crippen molar-refractivity contribution in [3.05, 3.63) is 29.3 Å². The number of nitrogens with one attached hydrogen (secondary N) is 1. The third-order valence-electron chi connectivity index (χ3n) is 4.03. The van der Waals surface area contributed by atoms with Crippen molar-refractivity contribution in [1.29, 1.82) is 0 Å². The van der Waals surface area contributed by atoms with Crippen LogP contribution in [0.1, 0.15) is 50.7 Å². The fraction of sp³-hybridized carbons (Fsp3) is 0.647. The molecule has 0 aromatic heterocycles. The van der Waals surface area contributed by atoms with Gasteiger partial charge in [0.15, 0.2) is 0 Å². The summed E-state index contributed by atoms with van der Waals surface area (Å²) in [4.78, 5) is 0. The molecule has 2 aliphatic rings. The van der Waals surface area contributed by atoms with Crippen LogP contribution in [0.15, 0.2) is 18.2 Å². The molecule has 0 amide bonds.